The van der Waals surface area contributed by atoms with Crippen LogP contribution in [0.1, 0.15) is 23.6 Å². The molecule has 3 nitrogen and oxygen atoms in total. The second-order valence-corrected chi connectivity index (χ2v) is 4.77. The van der Waals surface area contributed by atoms with Crippen LogP contribution in [0.3, 0.4) is 0 Å². The molecule has 0 saturated heterocycles. The number of nitrogens with two attached hydrogens (primary N) is 1. The van der Waals surface area contributed by atoms with Gasteiger partial charge in [-0.1, -0.05) is 30.3 Å². The van der Waals surface area contributed by atoms with Crippen LogP contribution in [-0.4, -0.2) is 6.61 Å². The molecule has 5 heteroatoms. The Balaban J connectivity index is 2.02. The molecule has 0 aliphatic carbocycles. The van der Waals surface area contributed by atoms with Crippen molar-refractivity contribution in [1.82, 2.24) is 5.43 Å². The molecule has 2 rings (SSSR count). The number of rotatable bonds is 6. The maximum Gasteiger partial charge on any atom is 0.163 e. The molecule has 2 aromatic carbocycles. The van der Waals surface area contributed by atoms with Gasteiger partial charge in [0.1, 0.15) is 5.75 Å². The third-order valence-electron chi connectivity index (χ3n) is 3.30. The summed E-state index contributed by atoms with van der Waals surface area (Å²) >= 11 is 0. The fourth-order valence-corrected chi connectivity index (χ4v) is 2.07. The van der Waals surface area contributed by atoms with Crippen molar-refractivity contribution < 1.29 is 13.5 Å². The molecule has 0 amide bonds. The maximum atomic E-state index is 13.9. The highest BCUT2D eigenvalue weighted by atomic mass is 19.2. The first kappa shape index (κ1) is 15.4. The van der Waals surface area contributed by atoms with E-state index in [4.69, 9.17) is 10.6 Å². The van der Waals surface area contributed by atoms with E-state index in [-0.39, 0.29) is 11.1 Å². The van der Waals surface area contributed by atoms with E-state index in [9.17, 15) is 8.78 Å². The fourth-order valence-electron chi connectivity index (χ4n) is 2.07. The van der Waals surface area contributed by atoms with Crippen LogP contribution in [0.5, 0.6) is 5.75 Å². The number of halogens is 2. The average molecular weight is 292 g/mol. The van der Waals surface area contributed by atoms with Crippen LogP contribution in [0.25, 0.3) is 0 Å². The van der Waals surface area contributed by atoms with Gasteiger partial charge in [-0.25, -0.2) is 8.78 Å². The number of aryl methyl sites for hydroxylation is 1. The summed E-state index contributed by atoms with van der Waals surface area (Å²) in [6.45, 7) is 1.86. The van der Waals surface area contributed by atoms with Crippen LogP contribution in [0.15, 0.2) is 42.5 Å². The van der Waals surface area contributed by atoms with Crippen molar-refractivity contribution in [1.29, 1.82) is 0 Å². The van der Waals surface area contributed by atoms with Gasteiger partial charge in [0, 0.05) is 12.0 Å². The summed E-state index contributed by atoms with van der Waals surface area (Å²) in [5.74, 6) is 4.47. The first-order chi connectivity index (χ1) is 10.1. The van der Waals surface area contributed by atoms with Gasteiger partial charge < -0.3 is 4.74 Å². The van der Waals surface area contributed by atoms with Crippen molar-refractivity contribution in [3.63, 3.8) is 0 Å². The molecule has 21 heavy (non-hydrogen) atoms. The lowest BCUT2D eigenvalue weighted by Crippen LogP contribution is -2.30. The zero-order valence-corrected chi connectivity index (χ0v) is 11.8. The largest absolute Gasteiger partial charge is 0.494 e. The highest BCUT2D eigenvalue weighted by Crippen LogP contribution is 2.23. The Bertz CT molecular complexity index is 590. The van der Waals surface area contributed by atoms with Crippen molar-refractivity contribution in [3.05, 3.63) is 65.2 Å². The normalized spacial score (nSPS) is 12.2. The third-order valence-corrected chi connectivity index (χ3v) is 3.30. The molecule has 0 radical (unpaired) electrons. The molecule has 1 atom stereocenters. The Morgan fingerprint density at radius 3 is 2.48 bits per heavy atom. The van der Waals surface area contributed by atoms with E-state index in [1.165, 1.54) is 13.0 Å². The van der Waals surface area contributed by atoms with Crippen LogP contribution < -0.4 is 16.0 Å². The number of hydrogen-bond donors (Lipinski definition) is 2. The first-order valence-corrected chi connectivity index (χ1v) is 6.72. The monoisotopic (exact) mass is 292 g/mol. The summed E-state index contributed by atoms with van der Waals surface area (Å²) in [7, 11) is 0. The predicted octanol–water partition coefficient (Wildman–Crippen LogP) is 3.25. The van der Waals surface area contributed by atoms with Crippen molar-refractivity contribution in [2.45, 2.75) is 19.4 Å². The van der Waals surface area contributed by atoms with Crippen molar-refractivity contribution in [2.75, 3.05) is 6.61 Å². The van der Waals surface area contributed by atoms with E-state index in [0.29, 0.717) is 13.0 Å². The minimum Gasteiger partial charge on any atom is -0.494 e. The zero-order chi connectivity index (χ0) is 15.2. The summed E-state index contributed by atoms with van der Waals surface area (Å²) in [5, 5.41) is 0. The molecule has 3 N–H and O–H groups in total. The lowest BCUT2D eigenvalue weighted by Gasteiger charge is -2.18. The van der Waals surface area contributed by atoms with E-state index in [0.717, 1.165) is 5.75 Å². The molecule has 0 spiro atoms. The van der Waals surface area contributed by atoms with Crippen molar-refractivity contribution in [2.24, 2.45) is 5.84 Å². The number of ether oxygens (including phenoxy) is 1. The van der Waals surface area contributed by atoms with Crippen LogP contribution in [0.2, 0.25) is 0 Å². The van der Waals surface area contributed by atoms with Crippen LogP contribution >= 0.6 is 0 Å². The Kier molecular flexibility index (Phi) is 5.25. The van der Waals surface area contributed by atoms with Crippen LogP contribution in [0.4, 0.5) is 8.78 Å². The second kappa shape index (κ2) is 7.15. The number of nitrogens with one attached hydrogen (secondary N) is 1. The minimum atomic E-state index is -0.863. The van der Waals surface area contributed by atoms with Gasteiger partial charge in [-0.15, -0.1) is 0 Å². The Hall–Kier alpha value is -1.98. The minimum absolute atomic E-state index is 0.206. The number of para-hydroxylation sites is 1. The van der Waals surface area contributed by atoms with Gasteiger partial charge >= 0.3 is 0 Å². The summed E-state index contributed by atoms with van der Waals surface area (Å²) < 4.78 is 33.1. The molecule has 0 bridgehead atoms. The molecular formula is C16H18F2N2O. The zero-order valence-electron chi connectivity index (χ0n) is 11.8. The van der Waals surface area contributed by atoms with Crippen molar-refractivity contribution >= 4 is 0 Å². The van der Waals surface area contributed by atoms with E-state index in [1.807, 2.05) is 30.3 Å². The number of benzene rings is 2. The summed E-state index contributed by atoms with van der Waals surface area (Å²) in [6.07, 6.45) is 0.421. The summed E-state index contributed by atoms with van der Waals surface area (Å²) in [5.41, 5.74) is 2.98. The molecule has 1 unspecified atom stereocenters. The van der Waals surface area contributed by atoms with Gasteiger partial charge in [0.15, 0.2) is 11.6 Å². The summed E-state index contributed by atoms with van der Waals surface area (Å²) in [4.78, 5) is 0. The maximum absolute atomic E-state index is 13.9. The van der Waals surface area contributed by atoms with Crippen molar-refractivity contribution in [3.8, 4) is 5.75 Å². The van der Waals surface area contributed by atoms with E-state index in [1.54, 1.807) is 6.07 Å². The van der Waals surface area contributed by atoms with E-state index < -0.39 is 17.7 Å². The van der Waals surface area contributed by atoms with Gasteiger partial charge in [-0.05, 0) is 24.6 Å². The van der Waals surface area contributed by atoms with Gasteiger partial charge in [0.05, 0.1) is 12.6 Å². The smallest absolute Gasteiger partial charge is 0.163 e. The second-order valence-electron chi connectivity index (χ2n) is 4.77. The molecule has 0 fully saturated rings. The van der Waals surface area contributed by atoms with Crippen LogP contribution in [-0.2, 0) is 0 Å². The molecule has 2 aromatic rings. The van der Waals surface area contributed by atoms with Gasteiger partial charge in [0.25, 0.3) is 0 Å². The Morgan fingerprint density at radius 1 is 1.10 bits per heavy atom. The lowest BCUT2D eigenvalue weighted by molar-refractivity contribution is 0.284. The van der Waals surface area contributed by atoms with E-state index in [2.05, 4.69) is 5.43 Å². The van der Waals surface area contributed by atoms with Gasteiger partial charge in [-0.3, -0.25) is 11.3 Å². The predicted molar refractivity (Wildman–Crippen MR) is 77.7 cm³/mol. The Labute approximate surface area is 122 Å². The van der Waals surface area contributed by atoms with Crippen LogP contribution in [0, 0.1) is 18.6 Å². The molecule has 0 aromatic heterocycles. The molecule has 0 saturated carbocycles. The number of hydrogen-bond acceptors (Lipinski definition) is 3. The highest BCUT2D eigenvalue weighted by molar-refractivity contribution is 5.28. The first-order valence-electron chi connectivity index (χ1n) is 6.72. The standard InChI is InChI=1S/C16H18F2N2O/c1-11-7-8-13(16(18)15(11)17)14(20-19)9-10-21-12-5-3-2-4-6-12/h2-8,14,20H,9-10,19H2,1H3. The quantitative estimate of drug-likeness (QED) is 0.634. The third kappa shape index (κ3) is 3.77. The number of hydrazine groups is 1. The van der Waals surface area contributed by atoms with Gasteiger partial charge in [-0.2, -0.15) is 0 Å². The Morgan fingerprint density at radius 2 is 1.81 bits per heavy atom. The molecule has 0 aliphatic rings. The average Bonchev–Trinajstić information content (AvgIpc) is 2.51. The molecule has 0 heterocycles. The molecular weight excluding hydrogens is 274 g/mol. The lowest BCUT2D eigenvalue weighted by atomic mass is 10.0. The molecule has 0 aliphatic heterocycles. The summed E-state index contributed by atoms with van der Waals surface area (Å²) in [6, 6.07) is 11.8. The molecule has 112 valence electrons. The van der Waals surface area contributed by atoms with Gasteiger partial charge in [0.2, 0.25) is 0 Å². The van der Waals surface area contributed by atoms with E-state index >= 15 is 0 Å². The highest BCUT2D eigenvalue weighted by Gasteiger charge is 2.18. The fraction of sp³-hybridized carbons (Fsp3) is 0.250. The SMILES string of the molecule is Cc1ccc(C(CCOc2ccccc2)NN)c(F)c1F. The topological polar surface area (TPSA) is 47.3 Å².